The van der Waals surface area contributed by atoms with Gasteiger partial charge in [0.25, 0.3) is 0 Å². The lowest BCUT2D eigenvalue weighted by atomic mass is 10.0. The number of hydrogen-bond donors (Lipinski definition) is 0. The van der Waals surface area contributed by atoms with Crippen LogP contribution in [0.25, 0.3) is 0 Å². The maximum atomic E-state index is 12.8. The highest BCUT2D eigenvalue weighted by molar-refractivity contribution is 7.54. The molecular formula is C12H24NO4P. The Morgan fingerprint density at radius 2 is 1.94 bits per heavy atom. The largest absolute Gasteiger partial charge is 0.337 e. The summed E-state index contributed by atoms with van der Waals surface area (Å²) in [6.07, 6.45) is 2.04. The van der Waals surface area contributed by atoms with Gasteiger partial charge < -0.3 is 9.05 Å². The summed E-state index contributed by atoms with van der Waals surface area (Å²) in [5.41, 5.74) is -0.137. The molecule has 0 radical (unpaired) electrons. The first-order valence-electron chi connectivity index (χ1n) is 6.75. The van der Waals surface area contributed by atoms with Crippen molar-refractivity contribution in [3.8, 4) is 0 Å². The van der Waals surface area contributed by atoms with Crippen molar-refractivity contribution in [3.63, 3.8) is 0 Å². The highest BCUT2D eigenvalue weighted by atomic mass is 31.2. The van der Waals surface area contributed by atoms with Crippen molar-refractivity contribution in [2.45, 2.75) is 57.8 Å². The van der Waals surface area contributed by atoms with Gasteiger partial charge in [-0.1, -0.05) is 0 Å². The van der Waals surface area contributed by atoms with E-state index in [0.717, 1.165) is 12.8 Å². The number of rotatable bonds is 5. The van der Waals surface area contributed by atoms with Gasteiger partial charge in [0.1, 0.15) is 5.66 Å². The van der Waals surface area contributed by atoms with Crippen molar-refractivity contribution in [2.75, 3.05) is 19.8 Å². The first kappa shape index (κ1) is 14.5. The van der Waals surface area contributed by atoms with Crippen LogP contribution < -0.4 is 0 Å². The quantitative estimate of drug-likeness (QED) is 0.723. The SMILES string of the molecule is CCOP(=O)(OCC)[C@H]1CON2[C@@H]1CCC2(C)C. The normalized spacial score (nSPS) is 31.8. The lowest BCUT2D eigenvalue weighted by Crippen LogP contribution is -2.40. The van der Waals surface area contributed by atoms with Gasteiger partial charge in [-0.3, -0.25) is 9.40 Å². The maximum absolute atomic E-state index is 12.8. The highest BCUT2D eigenvalue weighted by Crippen LogP contribution is 2.59. The van der Waals surface area contributed by atoms with E-state index in [4.69, 9.17) is 13.9 Å². The van der Waals surface area contributed by atoms with Crippen molar-refractivity contribution in [1.29, 1.82) is 0 Å². The number of hydroxylamine groups is 2. The Labute approximate surface area is 109 Å². The highest BCUT2D eigenvalue weighted by Gasteiger charge is 2.55. The Morgan fingerprint density at radius 1 is 1.33 bits per heavy atom. The van der Waals surface area contributed by atoms with Gasteiger partial charge in [-0.25, -0.2) is 0 Å². The molecule has 2 aliphatic heterocycles. The molecular weight excluding hydrogens is 253 g/mol. The molecule has 0 amide bonds. The van der Waals surface area contributed by atoms with Gasteiger partial charge in [0.05, 0.1) is 25.9 Å². The molecule has 0 bridgehead atoms. The predicted molar refractivity (Wildman–Crippen MR) is 69.5 cm³/mol. The zero-order chi connectivity index (χ0) is 13.4. The van der Waals surface area contributed by atoms with Crippen LogP contribution in [0.5, 0.6) is 0 Å². The summed E-state index contributed by atoms with van der Waals surface area (Å²) < 4.78 is 23.7. The van der Waals surface area contributed by atoms with Gasteiger partial charge in [-0.05, 0) is 40.5 Å². The summed E-state index contributed by atoms with van der Waals surface area (Å²) in [4.78, 5) is 5.74. The second kappa shape index (κ2) is 5.22. The van der Waals surface area contributed by atoms with Crippen molar-refractivity contribution < 1.29 is 18.5 Å². The molecule has 2 rings (SSSR count). The van der Waals surface area contributed by atoms with Crippen LogP contribution in [0.4, 0.5) is 0 Å². The molecule has 0 saturated carbocycles. The summed E-state index contributed by atoms with van der Waals surface area (Å²) >= 11 is 0. The van der Waals surface area contributed by atoms with Crippen LogP contribution in [-0.2, 0) is 18.5 Å². The van der Waals surface area contributed by atoms with E-state index in [1.807, 2.05) is 18.9 Å². The molecule has 0 aromatic carbocycles. The zero-order valence-corrected chi connectivity index (χ0v) is 12.6. The van der Waals surface area contributed by atoms with Crippen LogP contribution in [0, 0.1) is 0 Å². The van der Waals surface area contributed by atoms with Crippen molar-refractivity contribution in [2.24, 2.45) is 0 Å². The number of nitrogens with zero attached hydrogens (tertiary/aromatic N) is 1. The van der Waals surface area contributed by atoms with E-state index in [-0.39, 0.29) is 17.2 Å². The molecule has 6 heteroatoms. The molecule has 18 heavy (non-hydrogen) atoms. The van der Waals surface area contributed by atoms with Crippen LogP contribution in [0.3, 0.4) is 0 Å². The van der Waals surface area contributed by atoms with Crippen LogP contribution in [-0.4, -0.2) is 42.1 Å². The minimum atomic E-state index is -3.06. The Morgan fingerprint density at radius 3 is 2.50 bits per heavy atom. The number of fused-ring (bicyclic) bond motifs is 1. The second-order valence-corrected chi connectivity index (χ2v) is 7.74. The predicted octanol–water partition coefficient (Wildman–Crippen LogP) is 2.81. The average molecular weight is 277 g/mol. The van der Waals surface area contributed by atoms with Gasteiger partial charge >= 0.3 is 7.60 Å². The Bertz CT molecular complexity index is 337. The first-order chi connectivity index (χ1) is 8.44. The molecule has 0 unspecified atom stereocenters. The molecule has 106 valence electrons. The van der Waals surface area contributed by atoms with Crippen LogP contribution in [0.1, 0.15) is 40.5 Å². The smallest absolute Gasteiger partial charge is 0.309 e. The first-order valence-corrected chi connectivity index (χ1v) is 8.37. The van der Waals surface area contributed by atoms with E-state index in [0.29, 0.717) is 19.8 Å². The summed E-state index contributed by atoms with van der Waals surface area (Å²) in [5, 5.41) is 2.00. The Kier molecular flexibility index (Phi) is 4.20. The third kappa shape index (κ3) is 2.39. The molecule has 5 nitrogen and oxygen atoms in total. The minimum Gasteiger partial charge on any atom is -0.309 e. The lowest BCUT2D eigenvalue weighted by Gasteiger charge is -2.30. The molecule has 0 spiro atoms. The third-order valence-electron chi connectivity index (χ3n) is 3.80. The standard InChI is InChI=1S/C12H24NO4P/c1-5-16-18(14,17-6-2)11-9-15-13-10(11)7-8-12(13,3)4/h10-11H,5-9H2,1-4H3/t10-,11+/m1/s1. The van der Waals surface area contributed by atoms with E-state index in [2.05, 4.69) is 13.8 Å². The summed E-state index contributed by atoms with van der Waals surface area (Å²) in [6, 6.07) is 0.156. The third-order valence-corrected chi connectivity index (χ3v) is 6.34. The van der Waals surface area contributed by atoms with E-state index in [9.17, 15) is 4.57 Å². The van der Waals surface area contributed by atoms with Gasteiger partial charge in [0.2, 0.25) is 0 Å². The van der Waals surface area contributed by atoms with Crippen molar-refractivity contribution >= 4 is 7.60 Å². The molecule has 2 atom stereocenters. The Hall–Kier alpha value is 0.0700. The fourth-order valence-electron chi connectivity index (χ4n) is 2.96. The lowest BCUT2D eigenvalue weighted by molar-refractivity contribution is -0.170. The van der Waals surface area contributed by atoms with E-state index in [1.165, 1.54) is 0 Å². The fourth-order valence-corrected chi connectivity index (χ4v) is 5.07. The molecule has 0 aromatic rings. The topological polar surface area (TPSA) is 48.0 Å². The zero-order valence-electron chi connectivity index (χ0n) is 11.7. The monoisotopic (exact) mass is 277 g/mol. The van der Waals surface area contributed by atoms with E-state index >= 15 is 0 Å². The molecule has 2 heterocycles. The second-order valence-electron chi connectivity index (χ2n) is 5.48. The van der Waals surface area contributed by atoms with Gasteiger partial charge in [0, 0.05) is 5.54 Å². The van der Waals surface area contributed by atoms with Gasteiger partial charge in [-0.15, -0.1) is 0 Å². The molecule has 2 aliphatic rings. The van der Waals surface area contributed by atoms with Gasteiger partial charge in [0.15, 0.2) is 0 Å². The van der Waals surface area contributed by atoms with E-state index in [1.54, 1.807) is 0 Å². The van der Waals surface area contributed by atoms with Gasteiger partial charge in [-0.2, -0.15) is 5.06 Å². The van der Waals surface area contributed by atoms with Crippen LogP contribution in [0.2, 0.25) is 0 Å². The maximum Gasteiger partial charge on any atom is 0.337 e. The minimum absolute atomic E-state index is 0.0165. The van der Waals surface area contributed by atoms with Crippen LogP contribution >= 0.6 is 7.60 Å². The molecule has 0 N–H and O–H groups in total. The molecule has 0 aromatic heterocycles. The molecule has 2 fully saturated rings. The van der Waals surface area contributed by atoms with E-state index < -0.39 is 7.60 Å². The molecule has 0 aliphatic carbocycles. The molecule has 2 saturated heterocycles. The summed E-state index contributed by atoms with van der Waals surface area (Å²) in [7, 11) is -3.06. The average Bonchev–Trinajstić information content (AvgIpc) is 2.82. The van der Waals surface area contributed by atoms with Crippen molar-refractivity contribution in [3.05, 3.63) is 0 Å². The summed E-state index contributed by atoms with van der Waals surface area (Å²) in [6.45, 7) is 9.25. The fraction of sp³-hybridized carbons (Fsp3) is 1.00. The Balaban J connectivity index is 2.17. The van der Waals surface area contributed by atoms with Crippen molar-refractivity contribution in [1.82, 2.24) is 5.06 Å². The number of hydrogen-bond acceptors (Lipinski definition) is 5. The van der Waals surface area contributed by atoms with Crippen LogP contribution in [0.15, 0.2) is 0 Å². The summed E-state index contributed by atoms with van der Waals surface area (Å²) in [5.74, 6) is 0.